The van der Waals surface area contributed by atoms with Crippen LogP contribution in [0.4, 0.5) is 10.5 Å². The van der Waals surface area contributed by atoms with E-state index in [9.17, 15) is 20.3 Å². The zero-order chi connectivity index (χ0) is 51.4. The van der Waals surface area contributed by atoms with Crippen LogP contribution in [0, 0.1) is 27.9 Å². The number of non-ortho nitro benzene ring substituents is 1. The van der Waals surface area contributed by atoms with E-state index in [1.54, 1.807) is 29.2 Å². The maximum absolute atomic E-state index is 15.2. The molecule has 0 aromatic heterocycles. The van der Waals surface area contributed by atoms with Crippen molar-refractivity contribution in [3.05, 3.63) is 124 Å². The van der Waals surface area contributed by atoms with Crippen molar-refractivity contribution in [2.75, 3.05) is 39.8 Å². The molecule has 1 fully saturated rings. The Labute approximate surface area is 431 Å². The molecule has 3 aromatic rings. The monoisotopic (exact) mass is 1010 g/mol. The van der Waals surface area contributed by atoms with Crippen LogP contribution in [0.5, 0.6) is 23.0 Å². The van der Waals surface area contributed by atoms with Crippen molar-refractivity contribution < 1.29 is 53.2 Å². The number of nitro groups is 1. The van der Waals surface area contributed by atoms with Gasteiger partial charge < -0.3 is 43.5 Å². The van der Waals surface area contributed by atoms with Crippen molar-refractivity contribution in [1.29, 1.82) is 0 Å². The minimum atomic E-state index is -1.53. The van der Waals surface area contributed by atoms with Crippen LogP contribution in [0.3, 0.4) is 0 Å². The average Bonchev–Trinajstić information content (AvgIpc) is 3.88. The fraction of sp³-hybridized carbons (Fsp3) is 0.552. The number of ether oxygens (including phenoxy) is 6. The summed E-state index contributed by atoms with van der Waals surface area (Å²) in [6.45, 7) is 11.2. The molecule has 0 unspecified atom stereocenters. The van der Waals surface area contributed by atoms with Gasteiger partial charge in [0.2, 0.25) is 12.6 Å². The number of carbonyl (C=O) groups is 1. The number of allylic oxidation sites excluding steroid dienone is 1. The first-order valence-electron chi connectivity index (χ1n) is 26.7. The van der Waals surface area contributed by atoms with E-state index < -0.39 is 28.8 Å². The molecule has 15 heteroatoms. The van der Waals surface area contributed by atoms with Gasteiger partial charge in [0, 0.05) is 49.8 Å². The molecule has 1 saturated carbocycles. The predicted octanol–water partition coefficient (Wildman–Crippen LogP) is 12.3. The van der Waals surface area contributed by atoms with Gasteiger partial charge in [-0.2, -0.15) is 0 Å². The van der Waals surface area contributed by atoms with Crippen LogP contribution in [0.15, 0.2) is 103 Å². The lowest BCUT2D eigenvalue weighted by molar-refractivity contribution is -0.384. The number of carbonyl (C=O) groups excluding carboxylic acids is 1. The first kappa shape index (κ1) is 54.9. The minimum absolute atomic E-state index is 0.00497. The Bertz CT molecular complexity index is 2340. The summed E-state index contributed by atoms with van der Waals surface area (Å²) in [4.78, 5) is 34.2. The summed E-state index contributed by atoms with van der Waals surface area (Å²) < 4.78 is 38.6. The second-order valence-electron chi connectivity index (χ2n) is 19.7. The van der Waals surface area contributed by atoms with E-state index in [0.717, 1.165) is 68.1 Å². The summed E-state index contributed by atoms with van der Waals surface area (Å²) in [7, 11) is 0. The lowest BCUT2D eigenvalue weighted by atomic mass is 9.55. The Morgan fingerprint density at radius 3 is 2.23 bits per heavy atom. The molecule has 0 bridgehead atoms. The Kier molecular flexibility index (Phi) is 21.0. The van der Waals surface area contributed by atoms with Gasteiger partial charge in [0.15, 0.2) is 11.5 Å². The molecule has 0 saturated heterocycles. The largest absolute Gasteiger partial charge is 0.490 e. The van der Waals surface area contributed by atoms with Crippen LogP contribution in [-0.4, -0.2) is 83.5 Å². The molecule has 0 radical (unpaired) electrons. The summed E-state index contributed by atoms with van der Waals surface area (Å²) in [5.74, 6) is 0.0593. The van der Waals surface area contributed by atoms with Crippen LogP contribution in [0.2, 0.25) is 0 Å². The van der Waals surface area contributed by atoms with Crippen LogP contribution in [0.1, 0.15) is 139 Å². The predicted molar refractivity (Wildman–Crippen MR) is 280 cm³/mol. The molecule has 2 heterocycles. The summed E-state index contributed by atoms with van der Waals surface area (Å²) in [5, 5.41) is 36.5. The number of rotatable bonds is 32. The third kappa shape index (κ3) is 14.0. The van der Waals surface area contributed by atoms with Crippen LogP contribution in [-0.2, 0) is 27.5 Å². The number of oxime groups is 1. The fourth-order valence-corrected chi connectivity index (χ4v) is 11.2. The standard InChI is InChI=1S/C58H77N3O12/c1-4-7-8-9-10-11-12-13-14-19-34-68-57(64)60(39-43-24-28-52-53(35-43)70-41-69-52)54-38-50(59-72-40-42-22-25-45(26-23-42)61(65)66)48-36-44(20-15-17-30-62)47(21-16-18-31-63)55-49-37-46(67-32-5-2)27-29-51(49)73-58(54,56(48)55)71-33-6-3/h5-6,22-29,35-37,44,47,54-56,62-63H,2-4,7-21,30-34,38-41H2,1H3/t44-,47+,54-,55+,56+,58+/m0/s1. The van der Waals surface area contributed by atoms with Crippen molar-refractivity contribution in [2.24, 2.45) is 22.9 Å². The van der Waals surface area contributed by atoms with E-state index in [1.165, 1.54) is 50.7 Å². The van der Waals surface area contributed by atoms with E-state index in [1.807, 2.05) is 36.4 Å². The summed E-state index contributed by atoms with van der Waals surface area (Å²) in [6, 6.07) is 16.8. The van der Waals surface area contributed by atoms with Crippen molar-refractivity contribution in [2.45, 2.75) is 147 Å². The second-order valence-corrected chi connectivity index (χ2v) is 19.7. The molecule has 0 spiro atoms. The highest BCUT2D eigenvalue weighted by molar-refractivity contribution is 6.03. The maximum atomic E-state index is 15.2. The second kappa shape index (κ2) is 28.0. The van der Waals surface area contributed by atoms with Gasteiger partial charge in [-0.3, -0.25) is 15.0 Å². The lowest BCUT2D eigenvalue weighted by Crippen LogP contribution is -2.70. The number of unbranched alkanes of at least 4 members (excludes halogenated alkanes) is 11. The van der Waals surface area contributed by atoms with Crippen molar-refractivity contribution in [1.82, 2.24) is 4.90 Å². The van der Waals surface area contributed by atoms with Gasteiger partial charge in [-0.15, -0.1) is 6.58 Å². The van der Waals surface area contributed by atoms with Crippen LogP contribution < -0.4 is 18.9 Å². The third-order valence-electron chi connectivity index (χ3n) is 14.7. The van der Waals surface area contributed by atoms with E-state index in [4.69, 9.17) is 38.4 Å². The van der Waals surface area contributed by atoms with Crippen molar-refractivity contribution >= 4 is 17.5 Å². The van der Waals surface area contributed by atoms with E-state index in [-0.39, 0.29) is 76.2 Å². The molecule has 6 atom stereocenters. The smallest absolute Gasteiger partial charge is 0.410 e. The third-order valence-corrected chi connectivity index (χ3v) is 14.7. The Balaban J connectivity index is 1.34. The molecule has 7 rings (SSSR count). The van der Waals surface area contributed by atoms with E-state index in [0.29, 0.717) is 53.7 Å². The highest BCUT2D eigenvalue weighted by Gasteiger charge is 2.65. The van der Waals surface area contributed by atoms with E-state index >= 15 is 4.79 Å². The summed E-state index contributed by atoms with van der Waals surface area (Å²) >= 11 is 0. The van der Waals surface area contributed by atoms with E-state index in [2.05, 4.69) is 26.2 Å². The van der Waals surface area contributed by atoms with Gasteiger partial charge in [0.1, 0.15) is 30.8 Å². The number of amides is 1. The quantitative estimate of drug-likeness (QED) is 0.0262. The number of hydrogen-bond acceptors (Lipinski definition) is 13. The first-order chi connectivity index (χ1) is 35.7. The van der Waals surface area contributed by atoms with Gasteiger partial charge in [-0.1, -0.05) is 114 Å². The highest BCUT2D eigenvalue weighted by atomic mass is 16.7. The van der Waals surface area contributed by atoms with Gasteiger partial charge in [-0.05, 0) is 103 Å². The summed E-state index contributed by atoms with van der Waals surface area (Å²) in [5.41, 5.74) is 3.83. The lowest BCUT2D eigenvalue weighted by Gasteiger charge is -2.59. The average molecular weight is 1010 g/mol. The molecule has 396 valence electrons. The molecule has 15 nitrogen and oxygen atoms in total. The van der Waals surface area contributed by atoms with Gasteiger partial charge in [0.25, 0.3) is 5.69 Å². The Hall–Kier alpha value is -5.90. The Morgan fingerprint density at radius 2 is 1.52 bits per heavy atom. The normalized spacial score (nSPS) is 21.8. The zero-order valence-corrected chi connectivity index (χ0v) is 42.8. The fourth-order valence-electron chi connectivity index (χ4n) is 11.2. The number of aliphatic hydroxyl groups excluding tert-OH is 2. The molecule has 4 aliphatic rings. The van der Waals surface area contributed by atoms with Crippen LogP contribution in [0.25, 0.3) is 0 Å². The number of nitrogens with zero attached hydrogens (tertiary/aromatic N) is 3. The zero-order valence-electron chi connectivity index (χ0n) is 42.8. The number of hydrogen-bond donors (Lipinski definition) is 2. The highest BCUT2D eigenvalue weighted by Crippen LogP contribution is 2.62. The van der Waals surface area contributed by atoms with Gasteiger partial charge in [-0.25, -0.2) is 4.79 Å². The maximum Gasteiger partial charge on any atom is 0.410 e. The van der Waals surface area contributed by atoms with Crippen LogP contribution >= 0.6 is 0 Å². The molecule has 2 aliphatic heterocycles. The SMILES string of the molecule is C=CCOc1ccc2c(c1)[C@H]1[C@H](CCCCO)[C@@H](CCCCO)C=C3C(=NOCc4ccc([N+](=O)[O-])cc4)C[C@H](N(Cc4ccc5c(c4)OCO5)C(=O)OCCCCCCCCCCCC)[C@@](OCC=C)(O2)[C@H]31. The van der Waals surface area contributed by atoms with Crippen molar-refractivity contribution in [3.63, 3.8) is 0 Å². The van der Waals surface area contributed by atoms with Crippen molar-refractivity contribution in [3.8, 4) is 23.0 Å². The first-order valence-corrected chi connectivity index (χ1v) is 26.7. The molecular formula is C58H77N3O12. The molecule has 73 heavy (non-hydrogen) atoms. The molecule has 2 aliphatic carbocycles. The minimum Gasteiger partial charge on any atom is -0.490 e. The summed E-state index contributed by atoms with van der Waals surface area (Å²) in [6.07, 6.45) is 21.1. The molecular weight excluding hydrogens is 931 g/mol. The van der Waals surface area contributed by atoms with Gasteiger partial charge >= 0.3 is 6.09 Å². The Morgan fingerprint density at radius 1 is 0.836 bits per heavy atom. The van der Waals surface area contributed by atoms with Gasteiger partial charge in [0.05, 0.1) is 29.8 Å². The molecule has 1 amide bonds. The number of nitro benzene ring substituents is 1. The molecule has 2 N–H and O–H groups in total. The topological polar surface area (TPSA) is 181 Å². The number of fused-ring (bicyclic) bond motifs is 3. The number of aliphatic hydroxyl groups is 2. The number of benzene rings is 3. The molecule has 3 aromatic carbocycles.